The molecule has 2 N–H and O–H groups in total. The van der Waals surface area contributed by atoms with E-state index in [9.17, 15) is 4.39 Å². The molecule has 1 aromatic heterocycles. The summed E-state index contributed by atoms with van der Waals surface area (Å²) in [5, 5.41) is 6.47. The molecule has 0 amide bonds. The second-order valence-electron chi connectivity index (χ2n) is 6.16. The van der Waals surface area contributed by atoms with E-state index in [0.717, 1.165) is 24.5 Å². The van der Waals surface area contributed by atoms with Gasteiger partial charge in [0.15, 0.2) is 0 Å². The van der Waals surface area contributed by atoms with Gasteiger partial charge in [-0.3, -0.25) is 0 Å². The number of rotatable bonds is 8. The maximum atomic E-state index is 13.7. The molecule has 0 aliphatic carbocycles. The molecule has 0 spiro atoms. The molecule has 0 saturated carbocycles. The molecule has 3 rings (SSSR count). The SMILES string of the molecule is COc1cccc(CCNc2cc(NCc3ccccc3F)nc(C)n2)c1. The molecule has 5 nitrogen and oxygen atoms in total. The van der Waals surface area contributed by atoms with Crippen molar-refractivity contribution in [2.45, 2.75) is 19.9 Å². The van der Waals surface area contributed by atoms with E-state index in [-0.39, 0.29) is 5.82 Å². The zero-order valence-corrected chi connectivity index (χ0v) is 15.5. The number of hydrogen-bond acceptors (Lipinski definition) is 5. The van der Waals surface area contributed by atoms with Gasteiger partial charge in [0.2, 0.25) is 0 Å². The van der Waals surface area contributed by atoms with Crippen LogP contribution >= 0.6 is 0 Å². The second-order valence-corrected chi connectivity index (χ2v) is 6.16. The Morgan fingerprint density at radius 1 is 0.963 bits per heavy atom. The lowest BCUT2D eigenvalue weighted by molar-refractivity contribution is 0.414. The van der Waals surface area contributed by atoms with Gasteiger partial charge >= 0.3 is 0 Å². The van der Waals surface area contributed by atoms with E-state index in [4.69, 9.17) is 4.74 Å². The van der Waals surface area contributed by atoms with Gasteiger partial charge in [-0.15, -0.1) is 0 Å². The first kappa shape index (κ1) is 18.6. The number of aromatic nitrogens is 2. The molecule has 0 aliphatic rings. The quantitative estimate of drug-likeness (QED) is 0.626. The summed E-state index contributed by atoms with van der Waals surface area (Å²) in [7, 11) is 1.66. The lowest BCUT2D eigenvalue weighted by Gasteiger charge is -2.11. The van der Waals surface area contributed by atoms with Gasteiger partial charge in [-0.2, -0.15) is 0 Å². The van der Waals surface area contributed by atoms with Crippen molar-refractivity contribution in [1.82, 2.24) is 9.97 Å². The molecular weight excluding hydrogens is 343 g/mol. The van der Waals surface area contributed by atoms with E-state index >= 15 is 0 Å². The molecule has 27 heavy (non-hydrogen) atoms. The number of benzene rings is 2. The van der Waals surface area contributed by atoms with Crippen molar-refractivity contribution >= 4 is 11.6 Å². The van der Waals surface area contributed by atoms with Gasteiger partial charge in [-0.05, 0) is 37.1 Å². The normalized spacial score (nSPS) is 10.5. The fraction of sp³-hybridized carbons (Fsp3) is 0.238. The molecular formula is C21H23FN4O. The molecule has 0 saturated heterocycles. The number of aryl methyl sites for hydroxylation is 1. The van der Waals surface area contributed by atoms with Crippen molar-refractivity contribution < 1.29 is 9.13 Å². The largest absolute Gasteiger partial charge is 0.497 e. The minimum absolute atomic E-state index is 0.229. The Bertz CT molecular complexity index is 901. The summed E-state index contributed by atoms with van der Waals surface area (Å²) >= 11 is 0. The Balaban J connectivity index is 1.58. The van der Waals surface area contributed by atoms with Crippen LogP contribution in [0.15, 0.2) is 54.6 Å². The van der Waals surface area contributed by atoms with Crippen LogP contribution in [0.2, 0.25) is 0 Å². The number of nitrogens with zero attached hydrogens (tertiary/aromatic N) is 2. The summed E-state index contributed by atoms with van der Waals surface area (Å²) in [5.74, 6) is 2.67. The zero-order valence-electron chi connectivity index (χ0n) is 15.5. The minimum atomic E-state index is -0.229. The first-order valence-electron chi connectivity index (χ1n) is 8.84. The van der Waals surface area contributed by atoms with E-state index in [0.29, 0.717) is 23.8 Å². The highest BCUT2D eigenvalue weighted by molar-refractivity contribution is 5.48. The first-order chi connectivity index (χ1) is 13.1. The molecule has 3 aromatic rings. The van der Waals surface area contributed by atoms with Crippen LogP contribution in [0.4, 0.5) is 16.0 Å². The lowest BCUT2D eigenvalue weighted by atomic mass is 10.1. The van der Waals surface area contributed by atoms with Crippen molar-refractivity contribution in [3.8, 4) is 5.75 Å². The summed E-state index contributed by atoms with van der Waals surface area (Å²) in [6, 6.07) is 16.5. The molecule has 0 fully saturated rings. The molecule has 0 aliphatic heterocycles. The summed E-state index contributed by atoms with van der Waals surface area (Å²) in [6.07, 6.45) is 0.845. The van der Waals surface area contributed by atoms with Crippen molar-refractivity contribution in [3.63, 3.8) is 0 Å². The molecule has 0 radical (unpaired) electrons. The highest BCUT2D eigenvalue weighted by Gasteiger charge is 2.05. The highest BCUT2D eigenvalue weighted by atomic mass is 19.1. The topological polar surface area (TPSA) is 59.1 Å². The molecule has 140 valence electrons. The number of anilines is 2. The summed E-state index contributed by atoms with van der Waals surface area (Å²) in [4.78, 5) is 8.78. The van der Waals surface area contributed by atoms with Crippen molar-refractivity contribution in [3.05, 3.63) is 77.4 Å². The Kier molecular flexibility index (Phi) is 6.20. The van der Waals surface area contributed by atoms with Gasteiger partial charge < -0.3 is 15.4 Å². The predicted molar refractivity (Wildman–Crippen MR) is 106 cm³/mol. The van der Waals surface area contributed by atoms with E-state index < -0.39 is 0 Å². The number of hydrogen-bond donors (Lipinski definition) is 2. The van der Waals surface area contributed by atoms with Gasteiger partial charge in [-0.1, -0.05) is 30.3 Å². The van der Waals surface area contributed by atoms with Crippen molar-refractivity contribution in [1.29, 1.82) is 0 Å². The zero-order chi connectivity index (χ0) is 19.1. The number of ether oxygens (including phenoxy) is 1. The first-order valence-corrected chi connectivity index (χ1v) is 8.84. The predicted octanol–water partition coefficient (Wildman–Crippen LogP) is 4.20. The van der Waals surface area contributed by atoms with Crippen molar-refractivity contribution in [2.75, 3.05) is 24.3 Å². The summed E-state index contributed by atoms with van der Waals surface area (Å²) in [6.45, 7) is 2.93. The van der Waals surface area contributed by atoms with Crippen LogP contribution in [-0.2, 0) is 13.0 Å². The molecule has 0 unspecified atom stereocenters. The summed E-state index contributed by atoms with van der Waals surface area (Å²) < 4.78 is 19.0. The van der Waals surface area contributed by atoms with Crippen LogP contribution in [0.3, 0.4) is 0 Å². The highest BCUT2D eigenvalue weighted by Crippen LogP contribution is 2.15. The summed E-state index contributed by atoms with van der Waals surface area (Å²) in [5.41, 5.74) is 1.78. The maximum Gasteiger partial charge on any atom is 0.132 e. The second kappa shape index (κ2) is 8.98. The van der Waals surface area contributed by atoms with Gasteiger partial charge in [-0.25, -0.2) is 14.4 Å². The van der Waals surface area contributed by atoms with E-state index in [1.165, 1.54) is 11.6 Å². The Hall–Kier alpha value is -3.15. The van der Waals surface area contributed by atoms with Crippen LogP contribution in [0.1, 0.15) is 17.0 Å². The molecule has 0 atom stereocenters. The van der Waals surface area contributed by atoms with Gasteiger partial charge in [0.1, 0.15) is 29.0 Å². The van der Waals surface area contributed by atoms with E-state index in [1.54, 1.807) is 19.2 Å². The van der Waals surface area contributed by atoms with Crippen LogP contribution in [0.5, 0.6) is 5.75 Å². The van der Waals surface area contributed by atoms with Crippen LogP contribution in [-0.4, -0.2) is 23.6 Å². The van der Waals surface area contributed by atoms with Gasteiger partial charge in [0.05, 0.1) is 7.11 Å². The average molecular weight is 366 g/mol. The third kappa shape index (κ3) is 5.41. The number of halogens is 1. The van der Waals surface area contributed by atoms with E-state index in [2.05, 4.69) is 26.7 Å². The third-order valence-electron chi connectivity index (χ3n) is 4.11. The molecule has 2 aromatic carbocycles. The van der Waals surface area contributed by atoms with Crippen LogP contribution in [0.25, 0.3) is 0 Å². The maximum absolute atomic E-state index is 13.7. The molecule has 1 heterocycles. The lowest BCUT2D eigenvalue weighted by Crippen LogP contribution is -2.10. The molecule has 6 heteroatoms. The van der Waals surface area contributed by atoms with Crippen LogP contribution < -0.4 is 15.4 Å². The number of nitrogens with one attached hydrogen (secondary N) is 2. The van der Waals surface area contributed by atoms with Gasteiger partial charge in [0, 0.05) is 24.7 Å². The fourth-order valence-electron chi connectivity index (χ4n) is 2.74. The van der Waals surface area contributed by atoms with E-state index in [1.807, 2.05) is 37.3 Å². The number of methoxy groups -OCH3 is 1. The molecule has 0 bridgehead atoms. The van der Waals surface area contributed by atoms with Gasteiger partial charge in [0.25, 0.3) is 0 Å². The van der Waals surface area contributed by atoms with Crippen molar-refractivity contribution in [2.24, 2.45) is 0 Å². The Morgan fingerprint density at radius 2 is 1.74 bits per heavy atom. The smallest absolute Gasteiger partial charge is 0.132 e. The monoisotopic (exact) mass is 366 g/mol. The Labute approximate surface area is 158 Å². The average Bonchev–Trinajstić information content (AvgIpc) is 2.67. The fourth-order valence-corrected chi connectivity index (χ4v) is 2.74. The minimum Gasteiger partial charge on any atom is -0.497 e. The standard InChI is InChI=1S/C21H23FN4O/c1-15-25-20(23-11-10-16-6-5-8-18(12-16)27-2)13-21(26-15)24-14-17-7-3-4-9-19(17)22/h3-9,12-13H,10-11,14H2,1-2H3,(H2,23,24,25,26). The Morgan fingerprint density at radius 3 is 2.52 bits per heavy atom. The third-order valence-corrected chi connectivity index (χ3v) is 4.11. The van der Waals surface area contributed by atoms with Crippen LogP contribution in [0, 0.1) is 12.7 Å².